The van der Waals surface area contributed by atoms with E-state index in [0.29, 0.717) is 11.6 Å². The molecule has 1 aromatic heterocycles. The Labute approximate surface area is 104 Å². The monoisotopic (exact) mass is 285 g/mol. The molecule has 4 nitrogen and oxygen atoms in total. The number of carbonyl (C=O) groups is 1. The molecule has 0 fully saturated rings. The Morgan fingerprint density at radius 2 is 2.25 bits per heavy atom. The van der Waals surface area contributed by atoms with Crippen LogP contribution in [0.1, 0.15) is 25.6 Å². The molecule has 1 aromatic rings. The molecule has 1 amide bonds. The minimum Gasteiger partial charge on any atom is -0.368 e. The molecule has 1 unspecified atom stereocenters. The molecule has 0 bridgehead atoms. The van der Waals surface area contributed by atoms with Crippen molar-refractivity contribution in [2.24, 2.45) is 11.7 Å². The molecule has 1 rings (SSSR count). The smallest absolute Gasteiger partial charge is 0.240 e. The van der Waals surface area contributed by atoms with Gasteiger partial charge in [-0.15, -0.1) is 0 Å². The quantitative estimate of drug-likeness (QED) is 0.864. The van der Waals surface area contributed by atoms with E-state index in [-0.39, 0.29) is 0 Å². The molecular weight excluding hydrogens is 270 g/mol. The van der Waals surface area contributed by atoms with Crippen LogP contribution in [0.3, 0.4) is 0 Å². The lowest BCUT2D eigenvalue weighted by atomic mass is 10.1. The number of amides is 1. The van der Waals surface area contributed by atoms with Gasteiger partial charge in [-0.05, 0) is 40.5 Å². The summed E-state index contributed by atoms with van der Waals surface area (Å²) < 4.78 is 0.878. The second-order valence-electron chi connectivity index (χ2n) is 4.04. The molecule has 88 valence electrons. The number of carbonyl (C=O) groups excluding carboxylic acids is 1. The standard InChI is InChI=1S/C11H16BrN3O/c1-7(2)5-15-10(11(13)16)9-4-3-8(12)6-14-9/h3-4,6-7,10,15H,5H2,1-2H3,(H2,13,16). The lowest BCUT2D eigenvalue weighted by Gasteiger charge is -2.16. The topological polar surface area (TPSA) is 68.0 Å². The number of hydrogen-bond acceptors (Lipinski definition) is 3. The number of halogens is 1. The molecule has 0 aliphatic carbocycles. The van der Waals surface area contributed by atoms with E-state index in [9.17, 15) is 4.79 Å². The Hall–Kier alpha value is -0.940. The molecule has 0 saturated heterocycles. The lowest BCUT2D eigenvalue weighted by molar-refractivity contribution is -0.120. The van der Waals surface area contributed by atoms with Gasteiger partial charge in [-0.2, -0.15) is 0 Å². The van der Waals surface area contributed by atoms with Gasteiger partial charge in [-0.3, -0.25) is 9.78 Å². The number of rotatable bonds is 5. The highest BCUT2D eigenvalue weighted by Gasteiger charge is 2.18. The predicted molar refractivity (Wildman–Crippen MR) is 66.7 cm³/mol. The van der Waals surface area contributed by atoms with E-state index < -0.39 is 11.9 Å². The first kappa shape index (κ1) is 13.1. The molecule has 5 heteroatoms. The van der Waals surface area contributed by atoms with Crippen molar-refractivity contribution in [2.45, 2.75) is 19.9 Å². The molecule has 0 saturated carbocycles. The summed E-state index contributed by atoms with van der Waals surface area (Å²) >= 11 is 3.29. The fraction of sp³-hybridized carbons (Fsp3) is 0.455. The lowest BCUT2D eigenvalue weighted by Crippen LogP contribution is -2.36. The average molecular weight is 286 g/mol. The summed E-state index contributed by atoms with van der Waals surface area (Å²) in [7, 11) is 0. The summed E-state index contributed by atoms with van der Waals surface area (Å²) in [6, 6.07) is 3.11. The summed E-state index contributed by atoms with van der Waals surface area (Å²) in [5, 5.41) is 3.10. The molecule has 0 radical (unpaired) electrons. The third-order valence-corrected chi connectivity index (χ3v) is 2.53. The van der Waals surface area contributed by atoms with Gasteiger partial charge >= 0.3 is 0 Å². The van der Waals surface area contributed by atoms with Gasteiger partial charge in [0.25, 0.3) is 0 Å². The van der Waals surface area contributed by atoms with Crippen LogP contribution >= 0.6 is 15.9 Å². The van der Waals surface area contributed by atoms with Gasteiger partial charge in [-0.25, -0.2) is 0 Å². The van der Waals surface area contributed by atoms with Crippen molar-refractivity contribution < 1.29 is 4.79 Å². The SMILES string of the molecule is CC(C)CNC(C(N)=O)c1ccc(Br)cn1. The number of pyridine rings is 1. The third kappa shape index (κ3) is 3.90. The number of nitrogens with one attached hydrogen (secondary N) is 1. The van der Waals surface area contributed by atoms with Crippen molar-refractivity contribution in [3.05, 3.63) is 28.5 Å². The molecule has 0 aromatic carbocycles. The highest BCUT2D eigenvalue weighted by Crippen LogP contribution is 2.13. The van der Waals surface area contributed by atoms with E-state index in [1.165, 1.54) is 0 Å². The van der Waals surface area contributed by atoms with Crippen molar-refractivity contribution in [2.75, 3.05) is 6.54 Å². The zero-order chi connectivity index (χ0) is 12.1. The van der Waals surface area contributed by atoms with E-state index in [1.54, 1.807) is 12.3 Å². The van der Waals surface area contributed by atoms with E-state index in [4.69, 9.17) is 5.73 Å². The van der Waals surface area contributed by atoms with E-state index in [0.717, 1.165) is 11.0 Å². The maximum atomic E-state index is 11.3. The Balaban J connectivity index is 2.77. The number of nitrogens with zero attached hydrogens (tertiary/aromatic N) is 1. The van der Waals surface area contributed by atoms with Crippen molar-refractivity contribution in [1.82, 2.24) is 10.3 Å². The summed E-state index contributed by atoms with van der Waals surface area (Å²) in [6.45, 7) is 4.87. The molecule has 3 N–H and O–H groups in total. The first-order valence-electron chi connectivity index (χ1n) is 5.15. The van der Waals surface area contributed by atoms with Gasteiger partial charge in [0.15, 0.2) is 0 Å². The van der Waals surface area contributed by atoms with Crippen LogP contribution in [0.4, 0.5) is 0 Å². The van der Waals surface area contributed by atoms with Crippen LogP contribution in [0.15, 0.2) is 22.8 Å². The minimum atomic E-state index is -0.518. The van der Waals surface area contributed by atoms with Crippen molar-refractivity contribution in [3.63, 3.8) is 0 Å². The third-order valence-electron chi connectivity index (χ3n) is 2.06. The largest absolute Gasteiger partial charge is 0.368 e. The van der Waals surface area contributed by atoms with Crippen LogP contribution in [-0.4, -0.2) is 17.4 Å². The fourth-order valence-corrected chi connectivity index (χ4v) is 1.50. The summed E-state index contributed by atoms with van der Waals surface area (Å²) in [5.41, 5.74) is 5.99. The van der Waals surface area contributed by atoms with Crippen molar-refractivity contribution in [1.29, 1.82) is 0 Å². The normalized spacial score (nSPS) is 12.8. The van der Waals surface area contributed by atoms with E-state index in [1.807, 2.05) is 6.07 Å². The van der Waals surface area contributed by atoms with Crippen LogP contribution in [0, 0.1) is 5.92 Å². The van der Waals surface area contributed by atoms with Gasteiger partial charge in [0, 0.05) is 10.7 Å². The Morgan fingerprint density at radius 1 is 1.56 bits per heavy atom. The zero-order valence-electron chi connectivity index (χ0n) is 9.40. The summed E-state index contributed by atoms with van der Waals surface area (Å²) in [5.74, 6) is 0.0489. The Morgan fingerprint density at radius 3 is 2.69 bits per heavy atom. The maximum absolute atomic E-state index is 11.3. The Bertz CT molecular complexity index is 351. The molecular formula is C11H16BrN3O. The molecule has 0 aliphatic heterocycles. The molecule has 16 heavy (non-hydrogen) atoms. The van der Waals surface area contributed by atoms with Crippen LogP contribution in [0.25, 0.3) is 0 Å². The average Bonchev–Trinajstić information content (AvgIpc) is 2.20. The highest BCUT2D eigenvalue weighted by molar-refractivity contribution is 9.10. The Kier molecular flexibility index (Phi) is 4.89. The first-order chi connectivity index (χ1) is 7.50. The van der Waals surface area contributed by atoms with Crippen molar-refractivity contribution >= 4 is 21.8 Å². The van der Waals surface area contributed by atoms with Crippen molar-refractivity contribution in [3.8, 4) is 0 Å². The van der Waals surface area contributed by atoms with Gasteiger partial charge < -0.3 is 11.1 Å². The number of primary amides is 1. The molecule has 1 atom stereocenters. The van der Waals surface area contributed by atoms with Gasteiger partial charge in [0.05, 0.1) is 5.69 Å². The zero-order valence-corrected chi connectivity index (χ0v) is 11.0. The van der Waals surface area contributed by atoms with Gasteiger partial charge in [0.1, 0.15) is 6.04 Å². The van der Waals surface area contributed by atoms with Crippen LogP contribution < -0.4 is 11.1 Å². The maximum Gasteiger partial charge on any atom is 0.240 e. The molecule has 1 heterocycles. The van der Waals surface area contributed by atoms with Crippen LogP contribution in [-0.2, 0) is 4.79 Å². The van der Waals surface area contributed by atoms with E-state index >= 15 is 0 Å². The van der Waals surface area contributed by atoms with Crippen LogP contribution in [0.5, 0.6) is 0 Å². The van der Waals surface area contributed by atoms with Gasteiger partial charge in [-0.1, -0.05) is 13.8 Å². The second kappa shape index (κ2) is 5.96. The van der Waals surface area contributed by atoms with E-state index in [2.05, 4.69) is 40.1 Å². The van der Waals surface area contributed by atoms with Crippen LogP contribution in [0.2, 0.25) is 0 Å². The predicted octanol–water partition coefficient (Wildman–Crippen LogP) is 1.62. The fourth-order valence-electron chi connectivity index (χ4n) is 1.26. The molecule has 0 spiro atoms. The summed E-state index contributed by atoms with van der Waals surface area (Å²) in [4.78, 5) is 15.5. The first-order valence-corrected chi connectivity index (χ1v) is 5.94. The minimum absolute atomic E-state index is 0.407. The number of hydrogen-bond donors (Lipinski definition) is 2. The summed E-state index contributed by atoms with van der Waals surface area (Å²) in [6.07, 6.45) is 1.66. The second-order valence-corrected chi connectivity index (χ2v) is 4.95. The highest BCUT2D eigenvalue weighted by atomic mass is 79.9. The molecule has 0 aliphatic rings. The number of aromatic nitrogens is 1. The number of nitrogens with two attached hydrogens (primary N) is 1. The van der Waals surface area contributed by atoms with Gasteiger partial charge in [0.2, 0.25) is 5.91 Å².